The third-order valence-electron chi connectivity index (χ3n) is 5.90. The number of fused-ring (bicyclic) bond motifs is 1. The molecule has 0 radical (unpaired) electrons. The predicted molar refractivity (Wildman–Crippen MR) is 119 cm³/mol. The second-order valence-electron chi connectivity index (χ2n) is 8.30. The van der Waals surface area contributed by atoms with Gasteiger partial charge in [0.15, 0.2) is 11.2 Å². The van der Waals surface area contributed by atoms with E-state index in [0.29, 0.717) is 19.2 Å². The van der Waals surface area contributed by atoms with E-state index in [2.05, 4.69) is 4.98 Å². The molecule has 170 valence electrons. The summed E-state index contributed by atoms with van der Waals surface area (Å²) in [4.78, 5) is 31.2. The molecule has 1 atom stereocenters. The standard InChI is InChI=1S/C24H22F2N4O3/c1-15-4-2-5-16(10-15)12-28-14-27-22-21(28)23(31)29(13-18-6-3-9-33-18)24(32)30(22)20-8-7-17(25)11-19(20)26/h2,4-5,7-8,10-11,14,18H,3,6,9,12-13H2,1H3. The Morgan fingerprint density at radius 2 is 2.00 bits per heavy atom. The van der Waals surface area contributed by atoms with Crippen LogP contribution in [0.1, 0.15) is 24.0 Å². The summed E-state index contributed by atoms with van der Waals surface area (Å²) in [6, 6.07) is 10.8. The number of nitrogens with zero attached hydrogens (tertiary/aromatic N) is 4. The number of ether oxygens (including phenoxy) is 1. The van der Waals surface area contributed by atoms with E-state index in [0.717, 1.165) is 39.2 Å². The topological polar surface area (TPSA) is 71.1 Å². The third-order valence-corrected chi connectivity index (χ3v) is 5.90. The molecule has 1 aliphatic rings. The first-order chi connectivity index (χ1) is 15.9. The molecule has 5 rings (SSSR count). The van der Waals surface area contributed by atoms with Crippen LogP contribution in [-0.2, 0) is 17.8 Å². The smallest absolute Gasteiger partial charge is 0.337 e. The Morgan fingerprint density at radius 1 is 1.15 bits per heavy atom. The van der Waals surface area contributed by atoms with Gasteiger partial charge in [-0.15, -0.1) is 0 Å². The van der Waals surface area contributed by atoms with E-state index in [1.807, 2.05) is 31.2 Å². The number of halogens is 2. The molecule has 7 nitrogen and oxygen atoms in total. The van der Waals surface area contributed by atoms with Crippen LogP contribution in [0.2, 0.25) is 0 Å². The fraction of sp³-hybridized carbons (Fsp3) is 0.292. The van der Waals surface area contributed by atoms with Gasteiger partial charge in [0.2, 0.25) is 0 Å². The van der Waals surface area contributed by atoms with E-state index < -0.39 is 22.9 Å². The van der Waals surface area contributed by atoms with E-state index in [4.69, 9.17) is 4.74 Å². The Morgan fingerprint density at radius 3 is 2.73 bits per heavy atom. The van der Waals surface area contributed by atoms with Gasteiger partial charge in [0.05, 0.1) is 24.7 Å². The Labute approximate surface area is 187 Å². The van der Waals surface area contributed by atoms with Gasteiger partial charge in [-0.3, -0.25) is 9.36 Å². The Hall–Kier alpha value is -3.59. The molecule has 0 amide bonds. The van der Waals surface area contributed by atoms with E-state index in [-0.39, 0.29) is 29.5 Å². The number of hydrogen-bond acceptors (Lipinski definition) is 4. The first kappa shape index (κ1) is 21.3. The number of imidazole rings is 1. The van der Waals surface area contributed by atoms with E-state index >= 15 is 0 Å². The molecule has 2 aromatic heterocycles. The molecular weight excluding hydrogens is 430 g/mol. The summed E-state index contributed by atoms with van der Waals surface area (Å²) in [6.07, 6.45) is 2.74. The first-order valence-corrected chi connectivity index (χ1v) is 10.8. The summed E-state index contributed by atoms with van der Waals surface area (Å²) in [5.74, 6) is -1.69. The number of rotatable bonds is 5. The molecule has 33 heavy (non-hydrogen) atoms. The van der Waals surface area contributed by atoms with Crippen molar-refractivity contribution in [1.29, 1.82) is 0 Å². The molecule has 2 aromatic carbocycles. The van der Waals surface area contributed by atoms with Gasteiger partial charge in [0.1, 0.15) is 11.6 Å². The average Bonchev–Trinajstić information content (AvgIpc) is 3.43. The van der Waals surface area contributed by atoms with Gasteiger partial charge in [0, 0.05) is 19.2 Å². The maximum absolute atomic E-state index is 14.7. The molecule has 9 heteroatoms. The van der Waals surface area contributed by atoms with Gasteiger partial charge < -0.3 is 9.30 Å². The molecule has 3 heterocycles. The van der Waals surface area contributed by atoms with Crippen LogP contribution >= 0.6 is 0 Å². The second kappa shape index (κ2) is 8.40. The van der Waals surface area contributed by atoms with Crippen molar-refractivity contribution < 1.29 is 13.5 Å². The lowest BCUT2D eigenvalue weighted by Crippen LogP contribution is -2.42. The molecule has 0 saturated carbocycles. The Balaban J connectivity index is 1.75. The van der Waals surface area contributed by atoms with E-state index in [1.165, 1.54) is 12.4 Å². The Bertz CT molecular complexity index is 1470. The second-order valence-corrected chi connectivity index (χ2v) is 8.30. The van der Waals surface area contributed by atoms with Crippen LogP contribution in [0.4, 0.5) is 8.78 Å². The van der Waals surface area contributed by atoms with Crippen molar-refractivity contribution in [3.05, 3.63) is 92.4 Å². The zero-order valence-electron chi connectivity index (χ0n) is 18.0. The van der Waals surface area contributed by atoms with Crippen LogP contribution in [0, 0.1) is 18.6 Å². The SMILES string of the molecule is Cc1cccc(Cn2cnc3c2c(=O)n(CC2CCCO2)c(=O)n3-c2ccc(F)cc2F)c1. The molecule has 0 N–H and O–H groups in total. The maximum Gasteiger partial charge on any atom is 0.337 e. The van der Waals surface area contributed by atoms with Crippen LogP contribution < -0.4 is 11.2 Å². The number of aryl methyl sites for hydroxylation is 1. The van der Waals surface area contributed by atoms with Crippen molar-refractivity contribution >= 4 is 11.2 Å². The van der Waals surface area contributed by atoms with Crippen molar-refractivity contribution in [1.82, 2.24) is 18.7 Å². The van der Waals surface area contributed by atoms with Crippen molar-refractivity contribution in [3.63, 3.8) is 0 Å². The molecule has 1 unspecified atom stereocenters. The lowest BCUT2D eigenvalue weighted by atomic mass is 10.1. The number of benzene rings is 2. The number of hydrogen-bond donors (Lipinski definition) is 0. The molecular formula is C24H22F2N4O3. The van der Waals surface area contributed by atoms with Gasteiger partial charge >= 0.3 is 5.69 Å². The number of aromatic nitrogens is 4. The molecule has 0 bridgehead atoms. The highest BCUT2D eigenvalue weighted by atomic mass is 19.1. The fourth-order valence-corrected chi connectivity index (χ4v) is 4.34. The Kier molecular flexibility index (Phi) is 5.41. The predicted octanol–water partition coefficient (Wildman–Crippen LogP) is 3.16. The minimum atomic E-state index is -0.922. The minimum absolute atomic E-state index is 0.0201. The molecule has 4 aromatic rings. The van der Waals surface area contributed by atoms with Crippen molar-refractivity contribution in [3.8, 4) is 5.69 Å². The van der Waals surface area contributed by atoms with E-state index in [9.17, 15) is 18.4 Å². The lowest BCUT2D eigenvalue weighted by molar-refractivity contribution is 0.0950. The average molecular weight is 452 g/mol. The highest BCUT2D eigenvalue weighted by Crippen LogP contribution is 2.19. The van der Waals surface area contributed by atoms with E-state index in [1.54, 1.807) is 4.57 Å². The largest absolute Gasteiger partial charge is 0.376 e. The van der Waals surface area contributed by atoms with Gasteiger partial charge in [-0.1, -0.05) is 29.8 Å². The van der Waals surface area contributed by atoms with Crippen LogP contribution in [0.5, 0.6) is 0 Å². The van der Waals surface area contributed by atoms with Crippen molar-refractivity contribution in [2.45, 2.75) is 39.0 Å². The zero-order valence-corrected chi connectivity index (χ0v) is 18.0. The summed E-state index contributed by atoms with van der Waals surface area (Å²) in [7, 11) is 0. The highest BCUT2D eigenvalue weighted by Gasteiger charge is 2.24. The van der Waals surface area contributed by atoms with Crippen LogP contribution in [0.25, 0.3) is 16.9 Å². The van der Waals surface area contributed by atoms with Crippen LogP contribution in [-0.4, -0.2) is 31.4 Å². The molecule has 1 fully saturated rings. The van der Waals surface area contributed by atoms with Crippen molar-refractivity contribution in [2.75, 3.05) is 6.61 Å². The fourth-order valence-electron chi connectivity index (χ4n) is 4.34. The van der Waals surface area contributed by atoms with Gasteiger partial charge in [0.25, 0.3) is 5.56 Å². The molecule has 0 spiro atoms. The normalized spacial score (nSPS) is 16.0. The van der Waals surface area contributed by atoms with Crippen LogP contribution in [0.15, 0.2) is 58.4 Å². The van der Waals surface area contributed by atoms with Crippen LogP contribution in [0.3, 0.4) is 0 Å². The van der Waals surface area contributed by atoms with Gasteiger partial charge in [-0.25, -0.2) is 23.1 Å². The van der Waals surface area contributed by atoms with Gasteiger partial charge in [-0.2, -0.15) is 0 Å². The maximum atomic E-state index is 14.7. The highest BCUT2D eigenvalue weighted by molar-refractivity contribution is 5.72. The lowest BCUT2D eigenvalue weighted by Gasteiger charge is -2.15. The molecule has 1 saturated heterocycles. The minimum Gasteiger partial charge on any atom is -0.376 e. The summed E-state index contributed by atoms with van der Waals surface area (Å²) in [6.45, 7) is 2.93. The van der Waals surface area contributed by atoms with Crippen molar-refractivity contribution in [2.24, 2.45) is 0 Å². The molecule has 1 aliphatic heterocycles. The zero-order chi connectivity index (χ0) is 23.1. The summed E-state index contributed by atoms with van der Waals surface area (Å²) >= 11 is 0. The molecule has 0 aliphatic carbocycles. The van der Waals surface area contributed by atoms with Gasteiger partial charge in [-0.05, 0) is 37.5 Å². The quantitative estimate of drug-likeness (QED) is 0.467. The summed E-state index contributed by atoms with van der Waals surface area (Å²) in [5, 5.41) is 0. The monoisotopic (exact) mass is 452 g/mol. The summed E-state index contributed by atoms with van der Waals surface area (Å²) in [5.41, 5.74) is 0.768. The first-order valence-electron chi connectivity index (χ1n) is 10.8. The summed E-state index contributed by atoms with van der Waals surface area (Å²) < 4.78 is 37.7. The third kappa shape index (κ3) is 3.89.